The van der Waals surface area contributed by atoms with Crippen molar-refractivity contribution in [2.24, 2.45) is 11.3 Å². The third-order valence-corrected chi connectivity index (χ3v) is 8.85. The van der Waals surface area contributed by atoms with Crippen LogP contribution < -0.4 is 0 Å². The van der Waals surface area contributed by atoms with E-state index >= 15 is 0 Å². The van der Waals surface area contributed by atoms with Crippen LogP contribution >= 0.6 is 23.2 Å². The third kappa shape index (κ3) is 6.33. The van der Waals surface area contributed by atoms with Crippen LogP contribution in [0.25, 0.3) is 0 Å². The van der Waals surface area contributed by atoms with Gasteiger partial charge in [0.25, 0.3) is 5.91 Å². The number of alkyl halides is 3. The van der Waals surface area contributed by atoms with Gasteiger partial charge in [0.15, 0.2) is 11.5 Å². The normalized spacial score (nSPS) is 21.9. The number of hydrogen-bond acceptors (Lipinski definition) is 4. The SMILES string of the molecule is Cc1cc(Cl)c(C(=O)CN(CC2CCCC2)C(=O)c2cnn(C3CCC(C)(C(=O)O)CC3)c2C(F)(F)F)c(Cl)c1. The summed E-state index contributed by atoms with van der Waals surface area (Å²) in [5.74, 6) is -2.44. The van der Waals surface area contributed by atoms with Crippen LogP contribution in [0.1, 0.15) is 96.3 Å². The van der Waals surface area contributed by atoms with Crippen LogP contribution in [-0.2, 0) is 11.0 Å². The van der Waals surface area contributed by atoms with Gasteiger partial charge in [-0.3, -0.25) is 19.1 Å². The number of carbonyl (C=O) groups excluding carboxylic acids is 2. The summed E-state index contributed by atoms with van der Waals surface area (Å²) < 4.78 is 44.2. The lowest BCUT2D eigenvalue weighted by Crippen LogP contribution is -2.40. The second-order valence-corrected chi connectivity index (χ2v) is 12.1. The van der Waals surface area contributed by atoms with Gasteiger partial charge in [-0.25, -0.2) is 0 Å². The van der Waals surface area contributed by atoms with Gasteiger partial charge in [0.05, 0.1) is 45.4 Å². The van der Waals surface area contributed by atoms with E-state index in [1.54, 1.807) is 26.0 Å². The van der Waals surface area contributed by atoms with Crippen LogP contribution in [0.4, 0.5) is 13.2 Å². The zero-order chi connectivity index (χ0) is 29.4. The molecule has 4 rings (SSSR count). The number of ketones is 1. The second kappa shape index (κ2) is 11.7. The summed E-state index contributed by atoms with van der Waals surface area (Å²) in [7, 11) is 0. The Morgan fingerprint density at radius 3 is 2.20 bits per heavy atom. The van der Waals surface area contributed by atoms with E-state index in [-0.39, 0.29) is 53.8 Å². The molecular weight excluding hydrogens is 570 g/mol. The van der Waals surface area contributed by atoms with Gasteiger partial charge in [-0.1, -0.05) is 36.0 Å². The van der Waals surface area contributed by atoms with Crippen molar-refractivity contribution in [3.8, 4) is 0 Å². The molecule has 0 radical (unpaired) electrons. The minimum absolute atomic E-state index is 0.0218. The van der Waals surface area contributed by atoms with E-state index in [0.717, 1.165) is 47.0 Å². The lowest BCUT2D eigenvalue weighted by molar-refractivity contribution is -0.152. The first kappa shape index (κ1) is 30.4. The Hall–Kier alpha value is -2.59. The molecule has 0 atom stereocenters. The maximum absolute atomic E-state index is 14.4. The number of halogens is 5. The maximum Gasteiger partial charge on any atom is 0.433 e. The Morgan fingerprint density at radius 2 is 1.68 bits per heavy atom. The monoisotopic (exact) mass is 601 g/mol. The van der Waals surface area contributed by atoms with Crippen molar-refractivity contribution in [1.29, 1.82) is 0 Å². The first-order valence-corrected chi connectivity index (χ1v) is 14.1. The quantitative estimate of drug-likeness (QED) is 0.322. The fourth-order valence-electron chi connectivity index (χ4n) is 5.89. The minimum atomic E-state index is -4.90. The Morgan fingerprint density at radius 1 is 1.10 bits per heavy atom. The number of rotatable bonds is 8. The average molecular weight is 602 g/mol. The van der Waals surface area contributed by atoms with Crippen molar-refractivity contribution < 1.29 is 32.7 Å². The summed E-state index contributed by atoms with van der Waals surface area (Å²) >= 11 is 12.6. The zero-order valence-electron chi connectivity index (χ0n) is 22.4. The number of aryl methyl sites for hydroxylation is 1. The lowest BCUT2D eigenvalue weighted by atomic mass is 9.74. The van der Waals surface area contributed by atoms with Crippen LogP contribution in [0, 0.1) is 18.3 Å². The predicted octanol–water partition coefficient (Wildman–Crippen LogP) is 7.24. The Labute approximate surface area is 240 Å². The molecule has 40 heavy (non-hydrogen) atoms. The minimum Gasteiger partial charge on any atom is -0.481 e. The summed E-state index contributed by atoms with van der Waals surface area (Å²) in [6.45, 7) is 2.97. The van der Waals surface area contributed by atoms with Crippen molar-refractivity contribution in [3.05, 3.63) is 50.8 Å². The highest BCUT2D eigenvalue weighted by atomic mass is 35.5. The number of carboxylic acid groups (broad SMARTS) is 1. The predicted molar refractivity (Wildman–Crippen MR) is 144 cm³/mol. The summed E-state index contributed by atoms with van der Waals surface area (Å²) in [6.07, 6.45) is 0.237. The molecule has 0 unspecified atom stereocenters. The lowest BCUT2D eigenvalue weighted by Gasteiger charge is -2.34. The number of Topliss-reactive ketones (excluding diaryl/α,β-unsaturated/α-hetero) is 1. The molecule has 7 nitrogen and oxygen atoms in total. The van der Waals surface area contributed by atoms with Crippen LogP contribution in [-0.4, -0.2) is 50.5 Å². The van der Waals surface area contributed by atoms with Crippen molar-refractivity contribution in [2.75, 3.05) is 13.1 Å². The van der Waals surface area contributed by atoms with E-state index < -0.39 is 53.1 Å². The van der Waals surface area contributed by atoms with Gasteiger partial charge in [-0.2, -0.15) is 18.3 Å². The Balaban J connectivity index is 1.66. The smallest absolute Gasteiger partial charge is 0.433 e. The van der Waals surface area contributed by atoms with Crippen LogP contribution in [0.2, 0.25) is 10.0 Å². The number of aliphatic carboxylic acids is 1. The molecule has 2 aromatic rings. The van der Waals surface area contributed by atoms with Gasteiger partial charge in [0.1, 0.15) is 0 Å². The van der Waals surface area contributed by atoms with Gasteiger partial charge in [0.2, 0.25) is 0 Å². The molecule has 1 aromatic heterocycles. The first-order valence-electron chi connectivity index (χ1n) is 13.4. The molecule has 2 aliphatic rings. The van der Waals surface area contributed by atoms with E-state index in [2.05, 4.69) is 5.10 Å². The highest BCUT2D eigenvalue weighted by molar-refractivity contribution is 6.40. The van der Waals surface area contributed by atoms with E-state index in [9.17, 15) is 32.7 Å². The molecule has 2 fully saturated rings. The van der Waals surface area contributed by atoms with E-state index in [0.29, 0.717) is 0 Å². The number of amides is 1. The number of benzene rings is 1. The van der Waals surface area contributed by atoms with Crippen LogP contribution in [0.15, 0.2) is 18.3 Å². The fourth-order valence-corrected chi connectivity index (χ4v) is 6.70. The first-order chi connectivity index (χ1) is 18.7. The topological polar surface area (TPSA) is 92.5 Å². The molecule has 0 spiro atoms. The van der Waals surface area contributed by atoms with Crippen molar-refractivity contribution in [1.82, 2.24) is 14.7 Å². The molecule has 0 saturated heterocycles. The molecule has 1 heterocycles. The second-order valence-electron chi connectivity index (χ2n) is 11.3. The van der Waals surface area contributed by atoms with Crippen LogP contribution in [0.3, 0.4) is 0 Å². The highest BCUT2D eigenvalue weighted by Crippen LogP contribution is 2.43. The van der Waals surface area contributed by atoms with Crippen molar-refractivity contribution in [2.45, 2.75) is 77.4 Å². The third-order valence-electron chi connectivity index (χ3n) is 8.26. The van der Waals surface area contributed by atoms with E-state index in [1.807, 2.05) is 0 Å². The summed E-state index contributed by atoms with van der Waals surface area (Å²) in [6, 6.07) is 2.42. The number of carbonyl (C=O) groups is 3. The molecule has 1 aromatic carbocycles. The van der Waals surface area contributed by atoms with E-state index in [4.69, 9.17) is 23.2 Å². The molecule has 0 aliphatic heterocycles. The molecule has 1 amide bonds. The molecule has 218 valence electrons. The van der Waals surface area contributed by atoms with Crippen molar-refractivity contribution >= 4 is 40.9 Å². The largest absolute Gasteiger partial charge is 0.481 e. The standard InChI is InChI=1S/C28H32Cl2F3N3O4/c1-16-11-20(29)23(21(30)12-16)22(37)15-35(14-17-5-3-4-6-17)25(38)19-13-34-36(24(19)28(31,32)33)18-7-9-27(2,10-8-18)26(39)40/h11-13,17-18H,3-10,14-15H2,1-2H3,(H,39,40). The van der Waals surface area contributed by atoms with E-state index in [1.165, 1.54) is 0 Å². The maximum atomic E-state index is 14.4. The Bertz CT molecular complexity index is 1270. The van der Waals surface area contributed by atoms with Crippen LogP contribution in [0.5, 0.6) is 0 Å². The number of carboxylic acids is 1. The fraction of sp³-hybridized carbons (Fsp3) is 0.571. The number of hydrogen-bond donors (Lipinski definition) is 1. The van der Waals surface area contributed by atoms with Gasteiger partial charge < -0.3 is 10.0 Å². The highest BCUT2D eigenvalue weighted by Gasteiger charge is 2.45. The molecule has 12 heteroatoms. The van der Waals surface area contributed by atoms with Gasteiger partial charge >= 0.3 is 12.1 Å². The molecule has 1 N–H and O–H groups in total. The molecule has 0 bridgehead atoms. The van der Waals surface area contributed by atoms with Crippen molar-refractivity contribution in [3.63, 3.8) is 0 Å². The molecule has 2 aliphatic carbocycles. The molecule has 2 saturated carbocycles. The average Bonchev–Trinajstić information content (AvgIpc) is 3.53. The summed E-state index contributed by atoms with van der Waals surface area (Å²) in [5, 5.41) is 13.7. The summed E-state index contributed by atoms with van der Waals surface area (Å²) in [5.41, 5.74) is -2.08. The van der Waals surface area contributed by atoms with Gasteiger partial charge in [-0.05, 0) is 76.0 Å². The Kier molecular flexibility index (Phi) is 8.90. The summed E-state index contributed by atoms with van der Waals surface area (Å²) in [4.78, 5) is 39.8. The van der Waals surface area contributed by atoms with Gasteiger partial charge in [0, 0.05) is 6.54 Å². The zero-order valence-corrected chi connectivity index (χ0v) is 23.9. The van der Waals surface area contributed by atoms with Gasteiger partial charge in [-0.15, -0.1) is 0 Å². The number of nitrogens with zero attached hydrogens (tertiary/aromatic N) is 3. The number of aromatic nitrogens is 2. The molecular formula is C28H32Cl2F3N3O4.